The van der Waals surface area contributed by atoms with Gasteiger partial charge in [-0.3, -0.25) is 0 Å². The van der Waals surface area contributed by atoms with Crippen molar-refractivity contribution in [3.63, 3.8) is 0 Å². The monoisotopic (exact) mass is 186 g/mol. The standard InChI is InChI=1S/C9H18N2S/c1-9(3-2-4-12-9)7-11-8-5-10-6-8/h8,10-11H,2-7H2,1H3. The molecule has 0 aromatic carbocycles. The molecule has 1 atom stereocenters. The molecule has 0 aliphatic carbocycles. The minimum absolute atomic E-state index is 0.537. The molecule has 0 bridgehead atoms. The lowest BCUT2D eigenvalue weighted by Gasteiger charge is -2.32. The molecule has 2 saturated heterocycles. The van der Waals surface area contributed by atoms with Gasteiger partial charge in [-0.2, -0.15) is 11.8 Å². The van der Waals surface area contributed by atoms with Gasteiger partial charge in [0, 0.05) is 30.4 Å². The molecule has 2 aliphatic heterocycles. The highest BCUT2D eigenvalue weighted by molar-refractivity contribution is 8.00. The summed E-state index contributed by atoms with van der Waals surface area (Å²) in [5.41, 5.74) is 0. The van der Waals surface area contributed by atoms with E-state index in [1.54, 1.807) is 0 Å². The molecule has 0 radical (unpaired) electrons. The van der Waals surface area contributed by atoms with Crippen molar-refractivity contribution < 1.29 is 0 Å². The summed E-state index contributed by atoms with van der Waals surface area (Å²) in [5.74, 6) is 1.36. The number of nitrogens with one attached hydrogen (secondary N) is 2. The van der Waals surface area contributed by atoms with Gasteiger partial charge in [0.05, 0.1) is 0 Å². The molecule has 0 aromatic heterocycles. The number of rotatable bonds is 3. The minimum atomic E-state index is 0.537. The van der Waals surface area contributed by atoms with E-state index in [0.717, 1.165) is 6.04 Å². The molecule has 1 unspecified atom stereocenters. The van der Waals surface area contributed by atoms with Crippen LogP contribution < -0.4 is 10.6 Å². The quantitative estimate of drug-likeness (QED) is 0.683. The van der Waals surface area contributed by atoms with E-state index in [1.165, 1.54) is 38.2 Å². The van der Waals surface area contributed by atoms with Gasteiger partial charge in [0.25, 0.3) is 0 Å². The Morgan fingerprint density at radius 2 is 2.42 bits per heavy atom. The molecule has 2 heterocycles. The van der Waals surface area contributed by atoms with Crippen molar-refractivity contribution in [2.24, 2.45) is 0 Å². The second kappa shape index (κ2) is 3.56. The third kappa shape index (κ3) is 1.95. The summed E-state index contributed by atoms with van der Waals surface area (Å²) >= 11 is 2.14. The lowest BCUT2D eigenvalue weighted by Crippen LogP contribution is -2.57. The molecule has 70 valence electrons. The Morgan fingerprint density at radius 1 is 1.58 bits per heavy atom. The van der Waals surface area contributed by atoms with Crippen molar-refractivity contribution in [1.82, 2.24) is 10.6 Å². The maximum atomic E-state index is 3.62. The molecule has 2 nitrogen and oxygen atoms in total. The number of hydrogen-bond donors (Lipinski definition) is 2. The summed E-state index contributed by atoms with van der Waals surface area (Å²) in [7, 11) is 0. The van der Waals surface area contributed by atoms with Crippen molar-refractivity contribution in [3.05, 3.63) is 0 Å². The van der Waals surface area contributed by atoms with Crippen LogP contribution in [0.4, 0.5) is 0 Å². The molecule has 0 saturated carbocycles. The van der Waals surface area contributed by atoms with E-state index in [-0.39, 0.29) is 0 Å². The molecule has 2 N–H and O–H groups in total. The second-order valence-corrected chi connectivity index (χ2v) is 5.82. The molecular formula is C9H18N2S. The normalized spacial score (nSPS) is 36.8. The maximum Gasteiger partial charge on any atom is 0.0318 e. The van der Waals surface area contributed by atoms with E-state index in [4.69, 9.17) is 0 Å². The van der Waals surface area contributed by atoms with Gasteiger partial charge < -0.3 is 10.6 Å². The van der Waals surface area contributed by atoms with Gasteiger partial charge in [0.15, 0.2) is 0 Å². The Morgan fingerprint density at radius 3 is 2.92 bits per heavy atom. The first-order chi connectivity index (χ1) is 5.79. The van der Waals surface area contributed by atoms with E-state index < -0.39 is 0 Å². The third-order valence-electron chi connectivity index (χ3n) is 2.85. The zero-order chi connectivity index (χ0) is 8.44. The van der Waals surface area contributed by atoms with E-state index in [2.05, 4.69) is 29.3 Å². The summed E-state index contributed by atoms with van der Waals surface area (Å²) < 4.78 is 0.537. The number of thioether (sulfide) groups is 1. The van der Waals surface area contributed by atoms with Gasteiger partial charge in [-0.1, -0.05) is 0 Å². The van der Waals surface area contributed by atoms with Crippen LogP contribution in [0.25, 0.3) is 0 Å². The topological polar surface area (TPSA) is 24.1 Å². The van der Waals surface area contributed by atoms with Crippen molar-refractivity contribution in [3.8, 4) is 0 Å². The molecule has 3 heteroatoms. The van der Waals surface area contributed by atoms with Crippen LogP contribution in [0.15, 0.2) is 0 Å². The van der Waals surface area contributed by atoms with Crippen LogP contribution in [0.3, 0.4) is 0 Å². The smallest absolute Gasteiger partial charge is 0.0318 e. The fourth-order valence-corrected chi connectivity index (χ4v) is 3.03. The molecule has 0 aromatic rings. The minimum Gasteiger partial charge on any atom is -0.314 e. The van der Waals surface area contributed by atoms with Crippen molar-refractivity contribution in [2.45, 2.75) is 30.6 Å². The molecule has 0 spiro atoms. The van der Waals surface area contributed by atoms with Gasteiger partial charge in [0.1, 0.15) is 0 Å². The first kappa shape index (κ1) is 8.85. The van der Waals surface area contributed by atoms with Crippen molar-refractivity contribution in [2.75, 3.05) is 25.4 Å². The van der Waals surface area contributed by atoms with E-state index in [9.17, 15) is 0 Å². The molecular weight excluding hydrogens is 168 g/mol. The Hall–Kier alpha value is 0.270. The average molecular weight is 186 g/mol. The first-order valence-corrected chi connectivity index (χ1v) is 5.85. The second-order valence-electron chi connectivity index (χ2n) is 4.14. The Labute approximate surface area is 78.9 Å². The zero-order valence-corrected chi connectivity index (χ0v) is 8.54. The highest BCUT2D eigenvalue weighted by Gasteiger charge is 2.30. The van der Waals surface area contributed by atoms with E-state index in [1.807, 2.05) is 0 Å². The fourth-order valence-electron chi connectivity index (χ4n) is 1.77. The van der Waals surface area contributed by atoms with Crippen molar-refractivity contribution in [1.29, 1.82) is 0 Å². The largest absolute Gasteiger partial charge is 0.314 e. The lowest BCUT2D eigenvalue weighted by molar-refractivity contribution is 0.351. The summed E-state index contributed by atoms with van der Waals surface area (Å²) in [5, 5.41) is 6.90. The maximum absolute atomic E-state index is 3.62. The summed E-state index contributed by atoms with van der Waals surface area (Å²) in [6.45, 7) is 5.93. The van der Waals surface area contributed by atoms with Gasteiger partial charge in [-0.25, -0.2) is 0 Å². The summed E-state index contributed by atoms with van der Waals surface area (Å²) in [6, 6.07) is 0.753. The molecule has 2 fully saturated rings. The van der Waals surface area contributed by atoms with Crippen molar-refractivity contribution >= 4 is 11.8 Å². The first-order valence-electron chi connectivity index (χ1n) is 4.87. The van der Waals surface area contributed by atoms with Crippen LogP contribution in [0.1, 0.15) is 19.8 Å². The number of hydrogen-bond acceptors (Lipinski definition) is 3. The highest BCUT2D eigenvalue weighted by atomic mass is 32.2. The predicted octanol–water partition coefficient (Wildman–Crippen LogP) is 0.833. The predicted molar refractivity (Wildman–Crippen MR) is 54.8 cm³/mol. The summed E-state index contributed by atoms with van der Waals surface area (Å²) in [6.07, 6.45) is 2.80. The van der Waals surface area contributed by atoms with Gasteiger partial charge in [0.2, 0.25) is 0 Å². The molecule has 12 heavy (non-hydrogen) atoms. The molecule has 2 aliphatic rings. The van der Waals surface area contributed by atoms with Gasteiger partial charge >= 0.3 is 0 Å². The van der Waals surface area contributed by atoms with E-state index in [0.29, 0.717) is 4.75 Å². The summed E-state index contributed by atoms with van der Waals surface area (Å²) in [4.78, 5) is 0. The zero-order valence-electron chi connectivity index (χ0n) is 7.73. The Bertz CT molecular complexity index is 151. The van der Waals surface area contributed by atoms with Crippen LogP contribution in [0, 0.1) is 0 Å². The van der Waals surface area contributed by atoms with Crippen LogP contribution in [-0.4, -0.2) is 36.2 Å². The van der Waals surface area contributed by atoms with Crippen LogP contribution >= 0.6 is 11.8 Å². The van der Waals surface area contributed by atoms with Crippen LogP contribution in [0.2, 0.25) is 0 Å². The lowest BCUT2D eigenvalue weighted by atomic mass is 10.0. The molecule has 2 rings (SSSR count). The Kier molecular flexibility index (Phi) is 2.63. The average Bonchev–Trinajstić information content (AvgIpc) is 2.33. The van der Waals surface area contributed by atoms with E-state index >= 15 is 0 Å². The third-order valence-corrected chi connectivity index (χ3v) is 4.38. The van der Waals surface area contributed by atoms with Crippen LogP contribution in [0.5, 0.6) is 0 Å². The fraction of sp³-hybridized carbons (Fsp3) is 1.00. The SMILES string of the molecule is CC1(CNC2CNC2)CCCS1. The highest BCUT2D eigenvalue weighted by Crippen LogP contribution is 2.37. The van der Waals surface area contributed by atoms with Gasteiger partial charge in [-0.15, -0.1) is 0 Å². The molecule has 0 amide bonds. The Balaban J connectivity index is 1.70. The van der Waals surface area contributed by atoms with Crippen LogP contribution in [-0.2, 0) is 0 Å². The van der Waals surface area contributed by atoms with Gasteiger partial charge in [-0.05, 0) is 25.5 Å².